The molecule has 0 radical (unpaired) electrons. The average molecular weight is 602 g/mol. The third-order valence-corrected chi connectivity index (χ3v) is 8.71. The van der Waals surface area contributed by atoms with Crippen molar-refractivity contribution in [2.45, 2.75) is 50.7 Å². The standard InChI is InChI=1S/C30H36ClN3O6S/c1-6-21(2)32-30(36)22(3)33(19-23-12-15-25(39-4)16-13-23)29(35)20-34(27-18-24(31)14-17-28(27)40-5)41(37,38)26-10-8-7-9-11-26/h7-18,21-22H,6,19-20H2,1-5H3,(H,32,36)/t21-,22+/m1/s1. The van der Waals surface area contributed by atoms with E-state index < -0.39 is 28.5 Å². The summed E-state index contributed by atoms with van der Waals surface area (Å²) in [6, 6.07) is 18.4. The van der Waals surface area contributed by atoms with Gasteiger partial charge in [0.2, 0.25) is 11.8 Å². The fourth-order valence-electron chi connectivity index (χ4n) is 4.07. The summed E-state index contributed by atoms with van der Waals surface area (Å²) in [6.45, 7) is 4.89. The van der Waals surface area contributed by atoms with Crippen molar-refractivity contribution in [1.29, 1.82) is 0 Å². The summed E-state index contributed by atoms with van der Waals surface area (Å²) in [5, 5.41) is 3.18. The Hall–Kier alpha value is -3.76. The third kappa shape index (κ3) is 7.92. The maximum absolute atomic E-state index is 14.1. The number of ether oxygens (including phenoxy) is 2. The van der Waals surface area contributed by atoms with Crippen LogP contribution >= 0.6 is 11.6 Å². The summed E-state index contributed by atoms with van der Waals surface area (Å²) in [6.07, 6.45) is 0.711. The molecule has 220 valence electrons. The molecule has 3 aromatic carbocycles. The van der Waals surface area contributed by atoms with Crippen LogP contribution in [0.4, 0.5) is 5.69 Å². The molecule has 0 aliphatic heterocycles. The van der Waals surface area contributed by atoms with E-state index in [1.54, 1.807) is 62.6 Å². The zero-order chi connectivity index (χ0) is 30.2. The molecule has 11 heteroatoms. The van der Waals surface area contributed by atoms with Gasteiger partial charge in [-0.15, -0.1) is 0 Å². The minimum Gasteiger partial charge on any atom is -0.497 e. The molecule has 2 amide bonds. The zero-order valence-corrected chi connectivity index (χ0v) is 25.4. The van der Waals surface area contributed by atoms with Gasteiger partial charge in [-0.2, -0.15) is 0 Å². The van der Waals surface area contributed by atoms with Crippen LogP contribution in [0.1, 0.15) is 32.8 Å². The Morgan fingerprint density at radius 1 is 0.951 bits per heavy atom. The molecule has 3 rings (SSSR count). The molecule has 0 aromatic heterocycles. The number of nitrogens with zero attached hydrogens (tertiary/aromatic N) is 2. The largest absolute Gasteiger partial charge is 0.497 e. The fraction of sp³-hybridized carbons (Fsp3) is 0.333. The molecule has 0 bridgehead atoms. The molecule has 3 aromatic rings. The highest BCUT2D eigenvalue weighted by Gasteiger charge is 2.34. The number of halogens is 1. The molecule has 2 atom stereocenters. The first kappa shape index (κ1) is 31.8. The molecule has 1 N–H and O–H groups in total. The average Bonchev–Trinajstić information content (AvgIpc) is 2.98. The van der Waals surface area contributed by atoms with Crippen molar-refractivity contribution in [1.82, 2.24) is 10.2 Å². The minimum atomic E-state index is -4.25. The van der Waals surface area contributed by atoms with Crippen LogP contribution in [0.5, 0.6) is 11.5 Å². The summed E-state index contributed by atoms with van der Waals surface area (Å²) < 4.78 is 39.6. The van der Waals surface area contributed by atoms with Crippen LogP contribution in [0.15, 0.2) is 77.7 Å². The van der Waals surface area contributed by atoms with Crippen LogP contribution in [-0.4, -0.2) is 58.0 Å². The summed E-state index contributed by atoms with van der Waals surface area (Å²) in [5.41, 5.74) is 0.832. The summed E-state index contributed by atoms with van der Waals surface area (Å²) in [7, 11) is -1.30. The Bertz CT molecular complexity index is 1430. The van der Waals surface area contributed by atoms with Crippen molar-refractivity contribution < 1.29 is 27.5 Å². The Labute approximate surface area is 247 Å². The Balaban J connectivity index is 2.07. The lowest BCUT2D eigenvalue weighted by molar-refractivity contribution is -0.139. The molecule has 0 unspecified atom stereocenters. The number of rotatable bonds is 13. The van der Waals surface area contributed by atoms with Crippen LogP contribution in [-0.2, 0) is 26.2 Å². The molecule has 0 aliphatic rings. The minimum absolute atomic E-state index is 0.0147. The van der Waals surface area contributed by atoms with Crippen molar-refractivity contribution in [3.8, 4) is 11.5 Å². The van der Waals surface area contributed by atoms with Crippen molar-refractivity contribution >= 4 is 39.1 Å². The first-order chi connectivity index (χ1) is 19.5. The van der Waals surface area contributed by atoms with E-state index in [4.69, 9.17) is 21.1 Å². The van der Waals surface area contributed by atoms with Gasteiger partial charge in [-0.25, -0.2) is 8.42 Å². The quantitative estimate of drug-likeness (QED) is 0.299. The fourth-order valence-corrected chi connectivity index (χ4v) is 5.67. The van der Waals surface area contributed by atoms with Crippen molar-refractivity contribution in [2.75, 3.05) is 25.1 Å². The number of hydrogen-bond donors (Lipinski definition) is 1. The van der Waals surface area contributed by atoms with E-state index in [-0.39, 0.29) is 39.8 Å². The van der Waals surface area contributed by atoms with E-state index in [2.05, 4.69) is 5.32 Å². The number of hydrogen-bond acceptors (Lipinski definition) is 6. The van der Waals surface area contributed by atoms with E-state index in [0.29, 0.717) is 12.2 Å². The molecule has 41 heavy (non-hydrogen) atoms. The topological polar surface area (TPSA) is 105 Å². The summed E-state index contributed by atoms with van der Waals surface area (Å²) in [4.78, 5) is 28.6. The number of benzene rings is 3. The van der Waals surface area contributed by atoms with Crippen LogP contribution < -0.4 is 19.1 Å². The van der Waals surface area contributed by atoms with Gasteiger partial charge in [0.15, 0.2) is 0 Å². The first-order valence-electron chi connectivity index (χ1n) is 13.2. The number of anilines is 1. The summed E-state index contributed by atoms with van der Waals surface area (Å²) in [5.74, 6) is -0.0819. The molecular formula is C30H36ClN3O6S. The number of carbonyl (C=O) groups excluding carboxylic acids is 2. The molecular weight excluding hydrogens is 566 g/mol. The maximum Gasteiger partial charge on any atom is 0.264 e. The monoisotopic (exact) mass is 601 g/mol. The lowest BCUT2D eigenvalue weighted by Gasteiger charge is -2.33. The normalized spacial score (nSPS) is 12.6. The number of carbonyl (C=O) groups is 2. The second kappa shape index (κ2) is 14.2. The summed E-state index contributed by atoms with van der Waals surface area (Å²) >= 11 is 6.26. The smallest absolute Gasteiger partial charge is 0.264 e. The Kier molecular flexibility index (Phi) is 11.0. The van der Waals surface area contributed by atoms with E-state index in [9.17, 15) is 18.0 Å². The highest BCUT2D eigenvalue weighted by atomic mass is 35.5. The van der Waals surface area contributed by atoms with Gasteiger partial charge in [-0.1, -0.05) is 48.9 Å². The van der Waals surface area contributed by atoms with Gasteiger partial charge < -0.3 is 19.7 Å². The van der Waals surface area contributed by atoms with Crippen LogP contribution in [0.3, 0.4) is 0 Å². The lowest BCUT2D eigenvalue weighted by Crippen LogP contribution is -2.52. The molecule has 0 fully saturated rings. The molecule has 9 nitrogen and oxygen atoms in total. The number of amides is 2. The zero-order valence-electron chi connectivity index (χ0n) is 23.8. The molecule has 0 spiro atoms. The second-order valence-electron chi connectivity index (χ2n) is 9.50. The van der Waals surface area contributed by atoms with E-state index >= 15 is 0 Å². The molecule has 0 heterocycles. The Morgan fingerprint density at radius 2 is 1.61 bits per heavy atom. The van der Waals surface area contributed by atoms with Crippen LogP contribution in [0.25, 0.3) is 0 Å². The van der Waals surface area contributed by atoms with Gasteiger partial charge in [-0.3, -0.25) is 13.9 Å². The predicted octanol–water partition coefficient (Wildman–Crippen LogP) is 4.88. The van der Waals surface area contributed by atoms with Crippen molar-refractivity contribution in [3.05, 3.63) is 83.4 Å². The number of nitrogens with one attached hydrogen (secondary N) is 1. The molecule has 0 aliphatic carbocycles. The second-order valence-corrected chi connectivity index (χ2v) is 11.8. The third-order valence-electron chi connectivity index (χ3n) is 6.70. The Morgan fingerprint density at radius 3 is 2.20 bits per heavy atom. The van der Waals surface area contributed by atoms with Crippen molar-refractivity contribution in [2.24, 2.45) is 0 Å². The SMILES string of the molecule is CC[C@@H](C)NC(=O)[C@H](C)N(Cc1ccc(OC)cc1)C(=O)CN(c1cc(Cl)ccc1OC)S(=O)(=O)c1ccccc1. The van der Waals surface area contributed by atoms with Gasteiger partial charge in [-0.05, 0) is 68.3 Å². The van der Waals surface area contributed by atoms with Crippen molar-refractivity contribution in [3.63, 3.8) is 0 Å². The maximum atomic E-state index is 14.1. The first-order valence-corrected chi connectivity index (χ1v) is 15.0. The van der Waals surface area contributed by atoms with Gasteiger partial charge in [0.25, 0.3) is 10.0 Å². The van der Waals surface area contributed by atoms with Gasteiger partial charge in [0.05, 0.1) is 24.8 Å². The highest BCUT2D eigenvalue weighted by molar-refractivity contribution is 7.92. The van der Waals surface area contributed by atoms with E-state index in [0.717, 1.165) is 9.87 Å². The molecule has 0 saturated heterocycles. The van der Waals surface area contributed by atoms with Crippen LogP contribution in [0, 0.1) is 0 Å². The molecule has 0 saturated carbocycles. The lowest BCUT2D eigenvalue weighted by atomic mass is 10.1. The highest BCUT2D eigenvalue weighted by Crippen LogP contribution is 2.35. The van der Waals surface area contributed by atoms with E-state index in [1.165, 1.54) is 36.3 Å². The number of sulfonamides is 1. The predicted molar refractivity (Wildman–Crippen MR) is 160 cm³/mol. The van der Waals surface area contributed by atoms with Gasteiger partial charge >= 0.3 is 0 Å². The van der Waals surface area contributed by atoms with Crippen LogP contribution in [0.2, 0.25) is 5.02 Å². The van der Waals surface area contributed by atoms with Gasteiger partial charge in [0.1, 0.15) is 24.1 Å². The van der Waals surface area contributed by atoms with Gasteiger partial charge in [0, 0.05) is 17.6 Å². The van der Waals surface area contributed by atoms with E-state index in [1.807, 2.05) is 13.8 Å². The number of methoxy groups -OCH3 is 2.